The average Bonchev–Trinajstić information content (AvgIpc) is 2.09. The Balaban J connectivity index is 4.39. The van der Waals surface area contributed by atoms with E-state index in [1.54, 1.807) is 14.0 Å². The van der Waals surface area contributed by atoms with Gasteiger partial charge in [-0.3, -0.25) is 0 Å². The molecule has 0 saturated heterocycles. The fourth-order valence-corrected chi connectivity index (χ4v) is 1.57. The Morgan fingerprint density at radius 2 is 1.80 bits per heavy atom. The van der Waals surface area contributed by atoms with Crippen molar-refractivity contribution in [2.75, 3.05) is 20.3 Å². The predicted molar refractivity (Wildman–Crippen MR) is 58.8 cm³/mol. The van der Waals surface area contributed by atoms with Gasteiger partial charge in [-0.15, -0.1) is 0 Å². The molecule has 0 aliphatic rings. The number of rotatable bonds is 6. The van der Waals surface area contributed by atoms with Crippen LogP contribution in [-0.2, 0) is 9.47 Å². The van der Waals surface area contributed by atoms with Gasteiger partial charge in [0, 0.05) is 7.11 Å². The molecule has 4 nitrogen and oxygen atoms in total. The molecule has 0 spiro atoms. The predicted octanol–water partition coefficient (Wildman–Crippen LogP) is 0.806. The van der Waals surface area contributed by atoms with Crippen LogP contribution >= 0.6 is 0 Å². The molecule has 0 heterocycles. The van der Waals surface area contributed by atoms with E-state index < -0.39 is 6.10 Å². The molecule has 0 rings (SSSR count). The molecule has 0 aromatic heterocycles. The van der Waals surface area contributed by atoms with Gasteiger partial charge < -0.3 is 19.7 Å². The average molecular weight is 220 g/mol. The van der Waals surface area contributed by atoms with E-state index in [1.807, 2.05) is 20.8 Å². The zero-order chi connectivity index (χ0) is 12.1. The summed E-state index contributed by atoms with van der Waals surface area (Å²) in [5.74, 6) is 0. The molecule has 15 heavy (non-hydrogen) atoms. The monoisotopic (exact) mass is 220 g/mol. The first kappa shape index (κ1) is 14.8. The second-order valence-electron chi connectivity index (χ2n) is 4.92. The maximum Gasteiger partial charge on any atom is 0.104 e. The SMILES string of the molecule is COC[C@@H](CO)O[C@H](C(C)O)C(C)(C)C. The summed E-state index contributed by atoms with van der Waals surface area (Å²) in [4.78, 5) is 0. The number of aliphatic hydroxyl groups is 2. The van der Waals surface area contributed by atoms with E-state index in [9.17, 15) is 5.11 Å². The second-order valence-corrected chi connectivity index (χ2v) is 4.92. The molecule has 2 N–H and O–H groups in total. The van der Waals surface area contributed by atoms with Crippen molar-refractivity contribution in [3.05, 3.63) is 0 Å². The molecular formula is C11H24O4. The molecule has 1 unspecified atom stereocenters. The van der Waals surface area contributed by atoms with Crippen LogP contribution in [0.4, 0.5) is 0 Å². The maximum absolute atomic E-state index is 9.61. The molecule has 3 atom stereocenters. The summed E-state index contributed by atoms with van der Waals surface area (Å²) in [6.45, 7) is 7.89. The first-order valence-electron chi connectivity index (χ1n) is 5.26. The third kappa shape index (κ3) is 5.47. The van der Waals surface area contributed by atoms with Crippen LogP contribution in [0.1, 0.15) is 27.7 Å². The second kappa shape index (κ2) is 6.43. The standard InChI is InChI=1S/C11H24O4/c1-8(13)10(11(2,3)4)15-9(6-12)7-14-5/h8-10,12-13H,6-7H2,1-5H3/t8?,9-,10-/m1/s1. The molecule has 92 valence electrons. The Hall–Kier alpha value is -0.160. The lowest BCUT2D eigenvalue weighted by molar-refractivity contribution is -0.144. The van der Waals surface area contributed by atoms with Crippen molar-refractivity contribution in [1.29, 1.82) is 0 Å². The lowest BCUT2D eigenvalue weighted by atomic mass is 9.86. The van der Waals surface area contributed by atoms with Crippen LogP contribution in [0.15, 0.2) is 0 Å². The van der Waals surface area contributed by atoms with E-state index in [2.05, 4.69) is 0 Å². The minimum atomic E-state index is -0.573. The van der Waals surface area contributed by atoms with Crippen LogP contribution in [0.5, 0.6) is 0 Å². The van der Waals surface area contributed by atoms with Crippen molar-refractivity contribution in [1.82, 2.24) is 0 Å². The van der Waals surface area contributed by atoms with Crippen molar-refractivity contribution in [3.63, 3.8) is 0 Å². The van der Waals surface area contributed by atoms with Crippen LogP contribution in [0.3, 0.4) is 0 Å². The van der Waals surface area contributed by atoms with Crippen LogP contribution in [-0.4, -0.2) is 48.8 Å². The zero-order valence-corrected chi connectivity index (χ0v) is 10.4. The first-order valence-corrected chi connectivity index (χ1v) is 5.26. The van der Waals surface area contributed by atoms with Gasteiger partial charge in [-0.05, 0) is 12.3 Å². The highest BCUT2D eigenvalue weighted by atomic mass is 16.5. The first-order chi connectivity index (χ1) is 6.82. The summed E-state index contributed by atoms with van der Waals surface area (Å²) in [5.41, 5.74) is -0.171. The number of methoxy groups -OCH3 is 1. The fraction of sp³-hybridized carbons (Fsp3) is 1.00. The molecule has 0 aliphatic heterocycles. The number of ether oxygens (including phenoxy) is 2. The van der Waals surface area contributed by atoms with Crippen molar-refractivity contribution in [2.24, 2.45) is 5.41 Å². The maximum atomic E-state index is 9.61. The van der Waals surface area contributed by atoms with Gasteiger partial charge in [0.25, 0.3) is 0 Å². The van der Waals surface area contributed by atoms with Crippen molar-refractivity contribution < 1.29 is 19.7 Å². The zero-order valence-electron chi connectivity index (χ0n) is 10.4. The number of aliphatic hydroxyl groups excluding tert-OH is 2. The summed E-state index contributed by atoms with van der Waals surface area (Å²) in [5, 5.41) is 18.7. The van der Waals surface area contributed by atoms with E-state index in [0.29, 0.717) is 6.61 Å². The van der Waals surface area contributed by atoms with E-state index in [0.717, 1.165) is 0 Å². The van der Waals surface area contributed by atoms with Gasteiger partial charge in [0.1, 0.15) is 6.10 Å². The highest BCUT2D eigenvalue weighted by molar-refractivity contribution is 4.80. The molecule has 0 aromatic carbocycles. The van der Waals surface area contributed by atoms with Gasteiger partial charge in [0.2, 0.25) is 0 Å². The van der Waals surface area contributed by atoms with Gasteiger partial charge in [-0.2, -0.15) is 0 Å². The van der Waals surface area contributed by atoms with Crippen LogP contribution < -0.4 is 0 Å². The third-order valence-corrected chi connectivity index (χ3v) is 2.19. The van der Waals surface area contributed by atoms with E-state index in [-0.39, 0.29) is 24.2 Å². The number of hydrogen-bond donors (Lipinski definition) is 2. The lowest BCUT2D eigenvalue weighted by Crippen LogP contribution is -2.43. The Kier molecular flexibility index (Phi) is 6.36. The molecule has 0 saturated carbocycles. The normalized spacial score (nSPS) is 18.6. The van der Waals surface area contributed by atoms with Crippen molar-refractivity contribution in [2.45, 2.75) is 46.0 Å². The Morgan fingerprint density at radius 3 is 2.07 bits per heavy atom. The molecule has 4 heteroatoms. The minimum Gasteiger partial charge on any atom is -0.394 e. The van der Waals surface area contributed by atoms with E-state index >= 15 is 0 Å². The summed E-state index contributed by atoms with van der Waals surface area (Å²) in [7, 11) is 1.56. The van der Waals surface area contributed by atoms with Crippen molar-refractivity contribution in [3.8, 4) is 0 Å². The molecule has 0 bridgehead atoms. The van der Waals surface area contributed by atoms with Gasteiger partial charge in [-0.25, -0.2) is 0 Å². The summed E-state index contributed by atoms with van der Waals surface area (Å²) in [6, 6.07) is 0. The van der Waals surface area contributed by atoms with Gasteiger partial charge in [0.05, 0.1) is 25.4 Å². The fourth-order valence-electron chi connectivity index (χ4n) is 1.57. The van der Waals surface area contributed by atoms with Crippen LogP contribution in [0.25, 0.3) is 0 Å². The highest BCUT2D eigenvalue weighted by Gasteiger charge is 2.31. The summed E-state index contributed by atoms with van der Waals surface area (Å²) < 4.78 is 10.6. The van der Waals surface area contributed by atoms with Gasteiger partial charge in [-0.1, -0.05) is 20.8 Å². The molecule has 0 aliphatic carbocycles. The quantitative estimate of drug-likeness (QED) is 0.695. The molecule has 0 radical (unpaired) electrons. The third-order valence-electron chi connectivity index (χ3n) is 2.19. The molecule has 0 fully saturated rings. The smallest absolute Gasteiger partial charge is 0.104 e. The molecular weight excluding hydrogens is 196 g/mol. The lowest BCUT2D eigenvalue weighted by Gasteiger charge is -2.35. The summed E-state index contributed by atoms with van der Waals surface area (Å²) >= 11 is 0. The topological polar surface area (TPSA) is 58.9 Å². The molecule has 0 amide bonds. The van der Waals surface area contributed by atoms with Gasteiger partial charge in [0.15, 0.2) is 0 Å². The molecule has 0 aromatic rings. The Bertz CT molecular complexity index is 162. The van der Waals surface area contributed by atoms with E-state index in [4.69, 9.17) is 14.6 Å². The Labute approximate surface area is 92.2 Å². The van der Waals surface area contributed by atoms with Crippen molar-refractivity contribution >= 4 is 0 Å². The largest absolute Gasteiger partial charge is 0.394 e. The minimum absolute atomic E-state index is 0.104. The van der Waals surface area contributed by atoms with Crippen LogP contribution in [0, 0.1) is 5.41 Å². The highest BCUT2D eigenvalue weighted by Crippen LogP contribution is 2.26. The number of hydrogen-bond acceptors (Lipinski definition) is 4. The Morgan fingerprint density at radius 1 is 1.27 bits per heavy atom. The van der Waals surface area contributed by atoms with Crippen LogP contribution in [0.2, 0.25) is 0 Å². The summed E-state index contributed by atoms with van der Waals surface area (Å²) in [6.07, 6.45) is -1.27. The van der Waals surface area contributed by atoms with Gasteiger partial charge >= 0.3 is 0 Å². The van der Waals surface area contributed by atoms with E-state index in [1.165, 1.54) is 0 Å².